The molecule has 19 heavy (non-hydrogen) atoms. The number of anilines is 1. The molecule has 100 valence electrons. The van der Waals surface area contributed by atoms with Gasteiger partial charge in [-0.1, -0.05) is 0 Å². The van der Waals surface area contributed by atoms with Gasteiger partial charge in [0.2, 0.25) is 5.95 Å². The lowest BCUT2D eigenvalue weighted by Gasteiger charge is -2.04. The first-order valence-electron chi connectivity index (χ1n) is 5.84. The molecule has 2 rings (SSSR count). The van der Waals surface area contributed by atoms with Gasteiger partial charge in [0.25, 0.3) is 0 Å². The summed E-state index contributed by atoms with van der Waals surface area (Å²) in [6, 6.07) is 3.39. The van der Waals surface area contributed by atoms with Crippen molar-refractivity contribution in [1.82, 2.24) is 9.97 Å². The topological polar surface area (TPSA) is 88.2 Å². The molecule has 0 aliphatic rings. The fraction of sp³-hybridized carbons (Fsp3) is 0.308. The lowest BCUT2D eigenvalue weighted by Crippen LogP contribution is -2.04. The molecule has 2 heterocycles. The number of nitrogens with zero attached hydrogens (tertiary/aromatic N) is 2. The second kappa shape index (κ2) is 5.09. The molecule has 0 atom stereocenters. The maximum atomic E-state index is 10.9. The fourth-order valence-electron chi connectivity index (χ4n) is 1.81. The van der Waals surface area contributed by atoms with E-state index in [2.05, 4.69) is 15.3 Å². The van der Waals surface area contributed by atoms with Crippen LogP contribution in [0.4, 0.5) is 5.95 Å². The van der Waals surface area contributed by atoms with Crippen molar-refractivity contribution in [3.05, 3.63) is 40.6 Å². The summed E-state index contributed by atoms with van der Waals surface area (Å²) in [7, 11) is 0. The fourth-order valence-corrected chi connectivity index (χ4v) is 1.81. The summed E-state index contributed by atoms with van der Waals surface area (Å²) in [4.78, 5) is 19.4. The Morgan fingerprint density at radius 2 is 1.89 bits per heavy atom. The SMILES string of the molecule is Cc1cc(C)nc(NCc2cc(C(=O)O)c(C)o2)n1. The number of aromatic nitrogens is 2. The van der Waals surface area contributed by atoms with E-state index in [0.29, 0.717) is 24.0 Å². The smallest absolute Gasteiger partial charge is 0.339 e. The molecule has 0 aromatic carbocycles. The molecule has 0 radical (unpaired) electrons. The number of carboxylic acid groups (broad SMARTS) is 1. The van der Waals surface area contributed by atoms with E-state index in [-0.39, 0.29) is 5.56 Å². The Balaban J connectivity index is 2.10. The van der Waals surface area contributed by atoms with Crippen molar-refractivity contribution in [3.63, 3.8) is 0 Å². The van der Waals surface area contributed by atoms with Crippen LogP contribution < -0.4 is 5.32 Å². The lowest BCUT2D eigenvalue weighted by molar-refractivity contribution is 0.0695. The van der Waals surface area contributed by atoms with Crippen molar-refractivity contribution < 1.29 is 14.3 Å². The van der Waals surface area contributed by atoms with Gasteiger partial charge in [-0.15, -0.1) is 0 Å². The number of aryl methyl sites for hydroxylation is 3. The third-order valence-electron chi connectivity index (χ3n) is 2.60. The molecule has 0 aliphatic carbocycles. The maximum Gasteiger partial charge on any atom is 0.339 e. The summed E-state index contributed by atoms with van der Waals surface area (Å²) in [6.45, 7) is 5.75. The zero-order valence-corrected chi connectivity index (χ0v) is 11.0. The van der Waals surface area contributed by atoms with Crippen molar-refractivity contribution in [2.24, 2.45) is 0 Å². The van der Waals surface area contributed by atoms with Gasteiger partial charge in [-0.3, -0.25) is 0 Å². The molecule has 6 nitrogen and oxygen atoms in total. The van der Waals surface area contributed by atoms with Crippen LogP contribution in [0.1, 0.15) is 33.3 Å². The van der Waals surface area contributed by atoms with Crippen molar-refractivity contribution in [1.29, 1.82) is 0 Å². The number of nitrogens with one attached hydrogen (secondary N) is 1. The van der Waals surface area contributed by atoms with E-state index in [1.165, 1.54) is 6.07 Å². The molecule has 2 N–H and O–H groups in total. The molecule has 0 fully saturated rings. The first-order valence-corrected chi connectivity index (χ1v) is 5.84. The Morgan fingerprint density at radius 1 is 1.26 bits per heavy atom. The molecule has 0 unspecified atom stereocenters. The minimum Gasteiger partial charge on any atom is -0.478 e. The number of aromatic carboxylic acids is 1. The van der Waals surface area contributed by atoms with E-state index in [0.717, 1.165) is 11.4 Å². The van der Waals surface area contributed by atoms with E-state index in [4.69, 9.17) is 9.52 Å². The van der Waals surface area contributed by atoms with Crippen LogP contribution in [-0.4, -0.2) is 21.0 Å². The summed E-state index contributed by atoms with van der Waals surface area (Å²) in [6.07, 6.45) is 0. The minimum atomic E-state index is -0.991. The van der Waals surface area contributed by atoms with Crippen LogP contribution in [0.15, 0.2) is 16.5 Å². The molecule has 0 spiro atoms. The maximum absolute atomic E-state index is 10.9. The van der Waals surface area contributed by atoms with Crippen LogP contribution in [0.25, 0.3) is 0 Å². The van der Waals surface area contributed by atoms with Gasteiger partial charge in [0.15, 0.2) is 0 Å². The molecule has 6 heteroatoms. The molecule has 0 bridgehead atoms. The minimum absolute atomic E-state index is 0.179. The Bertz CT molecular complexity index is 599. The van der Waals surface area contributed by atoms with Crippen molar-refractivity contribution in [3.8, 4) is 0 Å². The van der Waals surface area contributed by atoms with E-state index in [1.807, 2.05) is 19.9 Å². The van der Waals surface area contributed by atoms with Crippen molar-refractivity contribution in [2.45, 2.75) is 27.3 Å². The van der Waals surface area contributed by atoms with Crippen LogP contribution in [0.3, 0.4) is 0 Å². The highest BCUT2D eigenvalue weighted by molar-refractivity contribution is 5.88. The highest BCUT2D eigenvalue weighted by Crippen LogP contribution is 2.15. The Morgan fingerprint density at radius 3 is 2.42 bits per heavy atom. The largest absolute Gasteiger partial charge is 0.478 e. The van der Waals surface area contributed by atoms with Gasteiger partial charge in [0.05, 0.1) is 6.54 Å². The number of hydrogen-bond acceptors (Lipinski definition) is 5. The van der Waals surface area contributed by atoms with Crippen LogP contribution >= 0.6 is 0 Å². The van der Waals surface area contributed by atoms with Gasteiger partial charge in [-0.25, -0.2) is 14.8 Å². The van der Waals surface area contributed by atoms with Crippen molar-refractivity contribution >= 4 is 11.9 Å². The molecule has 2 aromatic heterocycles. The summed E-state index contributed by atoms with van der Waals surface area (Å²) < 4.78 is 5.36. The predicted molar refractivity (Wildman–Crippen MR) is 69.2 cm³/mol. The number of hydrogen-bond donors (Lipinski definition) is 2. The van der Waals surface area contributed by atoms with E-state index >= 15 is 0 Å². The standard InChI is InChI=1S/C13H15N3O3/c1-7-4-8(2)16-13(15-7)14-6-10-5-11(12(17)18)9(3)19-10/h4-5H,6H2,1-3H3,(H,17,18)(H,14,15,16). The third-order valence-corrected chi connectivity index (χ3v) is 2.60. The summed E-state index contributed by atoms with van der Waals surface area (Å²) >= 11 is 0. The normalized spacial score (nSPS) is 10.5. The van der Waals surface area contributed by atoms with Gasteiger partial charge >= 0.3 is 5.97 Å². The molecule has 0 amide bonds. The molecule has 0 aliphatic heterocycles. The Labute approximate surface area is 110 Å². The predicted octanol–water partition coefficient (Wildman–Crippen LogP) is 2.31. The average molecular weight is 261 g/mol. The number of carboxylic acids is 1. The quantitative estimate of drug-likeness (QED) is 0.878. The summed E-state index contributed by atoms with van der Waals surface area (Å²) in [5.41, 5.74) is 1.92. The van der Waals surface area contributed by atoms with Gasteiger partial charge in [-0.05, 0) is 32.9 Å². The molecular weight excluding hydrogens is 246 g/mol. The summed E-state index contributed by atoms with van der Waals surface area (Å²) in [5, 5.41) is 11.9. The van der Waals surface area contributed by atoms with E-state index < -0.39 is 5.97 Å². The van der Waals surface area contributed by atoms with Crippen LogP contribution in [0.5, 0.6) is 0 Å². The van der Waals surface area contributed by atoms with Crippen molar-refractivity contribution in [2.75, 3.05) is 5.32 Å². The molecule has 2 aromatic rings. The van der Waals surface area contributed by atoms with Gasteiger partial charge in [0.1, 0.15) is 17.1 Å². The van der Waals surface area contributed by atoms with Gasteiger partial charge in [0, 0.05) is 11.4 Å². The third kappa shape index (κ3) is 3.09. The van der Waals surface area contributed by atoms with Gasteiger partial charge in [-0.2, -0.15) is 0 Å². The van der Waals surface area contributed by atoms with Gasteiger partial charge < -0.3 is 14.8 Å². The Hall–Kier alpha value is -2.37. The number of furan rings is 1. The average Bonchev–Trinajstić information content (AvgIpc) is 2.67. The Kier molecular flexibility index (Phi) is 3.50. The van der Waals surface area contributed by atoms with Crippen LogP contribution in [0, 0.1) is 20.8 Å². The lowest BCUT2D eigenvalue weighted by atomic mass is 10.2. The van der Waals surface area contributed by atoms with E-state index in [1.54, 1.807) is 6.92 Å². The molecule has 0 saturated heterocycles. The molecular formula is C13H15N3O3. The number of carbonyl (C=O) groups is 1. The monoisotopic (exact) mass is 261 g/mol. The van der Waals surface area contributed by atoms with Crippen LogP contribution in [0.2, 0.25) is 0 Å². The number of rotatable bonds is 4. The highest BCUT2D eigenvalue weighted by atomic mass is 16.4. The zero-order chi connectivity index (χ0) is 14.0. The van der Waals surface area contributed by atoms with E-state index in [9.17, 15) is 4.79 Å². The second-order valence-corrected chi connectivity index (χ2v) is 4.32. The first kappa shape index (κ1) is 13.1. The zero-order valence-electron chi connectivity index (χ0n) is 11.0. The van der Waals surface area contributed by atoms with Crippen LogP contribution in [-0.2, 0) is 6.54 Å². The second-order valence-electron chi connectivity index (χ2n) is 4.32. The summed E-state index contributed by atoms with van der Waals surface area (Å²) in [5.74, 6) is 0.446. The first-order chi connectivity index (χ1) is 8.95. The highest BCUT2D eigenvalue weighted by Gasteiger charge is 2.13. The molecule has 0 saturated carbocycles.